The minimum Gasteiger partial charge on any atom is -0.370 e. The van der Waals surface area contributed by atoms with Crippen LogP contribution in [0.4, 0.5) is 5.82 Å². The Morgan fingerprint density at radius 1 is 1.50 bits per heavy atom. The van der Waals surface area contributed by atoms with Crippen LogP contribution >= 0.6 is 15.9 Å². The zero-order valence-electron chi connectivity index (χ0n) is 6.47. The predicted octanol–water partition coefficient (Wildman–Crippen LogP) is 2.63. The molecular weight excluding hydrogens is 220 g/mol. The Kier molecular flexibility index (Phi) is 1.77. The van der Waals surface area contributed by atoms with Gasteiger partial charge < -0.3 is 9.84 Å². The number of para-hydroxylation sites is 1. The Hall–Kier alpha value is -1.03. The molecule has 2 aromatic rings. The molecule has 62 valence electrons. The van der Waals surface area contributed by atoms with Crippen LogP contribution in [0.1, 0.15) is 0 Å². The van der Waals surface area contributed by atoms with Crippen LogP contribution in [0, 0.1) is 0 Å². The molecule has 0 saturated carbocycles. The van der Waals surface area contributed by atoms with E-state index in [1.165, 1.54) is 0 Å². The summed E-state index contributed by atoms with van der Waals surface area (Å²) >= 11 is 3.38. The second-order valence-corrected chi connectivity index (χ2v) is 3.25. The quantitative estimate of drug-likeness (QED) is 0.813. The first-order chi connectivity index (χ1) is 5.83. The molecule has 0 aliphatic heterocycles. The molecule has 0 amide bonds. The van der Waals surface area contributed by atoms with E-state index in [0.717, 1.165) is 21.3 Å². The maximum Gasteiger partial charge on any atom is 0.183 e. The summed E-state index contributed by atoms with van der Waals surface area (Å²) in [4.78, 5) is 0. The first-order valence-electron chi connectivity index (χ1n) is 3.54. The summed E-state index contributed by atoms with van der Waals surface area (Å²) in [6.45, 7) is 0. The molecule has 4 heteroatoms. The summed E-state index contributed by atoms with van der Waals surface area (Å²) in [5, 5.41) is 7.80. The van der Waals surface area contributed by atoms with Gasteiger partial charge in [0.1, 0.15) is 0 Å². The van der Waals surface area contributed by atoms with Gasteiger partial charge in [-0.25, -0.2) is 0 Å². The standard InChI is InChI=1S/C8H7BrN2O/c1-10-8-5-3-2-4-6(9)7(5)12-11-8/h2-4H,1H3,(H,10,11). The predicted molar refractivity (Wildman–Crippen MR) is 51.3 cm³/mol. The molecule has 1 aromatic carbocycles. The van der Waals surface area contributed by atoms with E-state index in [1.807, 2.05) is 25.2 Å². The highest BCUT2D eigenvalue weighted by molar-refractivity contribution is 9.10. The molecule has 3 nitrogen and oxygen atoms in total. The SMILES string of the molecule is CNc1noc2c(Br)cccc12. The van der Waals surface area contributed by atoms with Crippen molar-refractivity contribution in [1.29, 1.82) is 0 Å². The molecule has 1 heterocycles. The number of nitrogens with zero attached hydrogens (tertiary/aromatic N) is 1. The van der Waals surface area contributed by atoms with Crippen molar-refractivity contribution in [2.75, 3.05) is 12.4 Å². The number of rotatable bonds is 1. The summed E-state index contributed by atoms with van der Waals surface area (Å²) in [6, 6.07) is 5.83. The third-order valence-electron chi connectivity index (χ3n) is 1.69. The summed E-state index contributed by atoms with van der Waals surface area (Å²) in [5.41, 5.74) is 0.779. The van der Waals surface area contributed by atoms with Crippen molar-refractivity contribution in [2.24, 2.45) is 0 Å². The minimum absolute atomic E-state index is 0.770. The summed E-state index contributed by atoms with van der Waals surface area (Å²) in [7, 11) is 1.82. The molecule has 1 N–H and O–H groups in total. The van der Waals surface area contributed by atoms with E-state index in [0.29, 0.717) is 0 Å². The minimum atomic E-state index is 0.770. The Labute approximate surface area is 77.9 Å². The Bertz CT molecular complexity index is 410. The maximum absolute atomic E-state index is 5.11. The highest BCUT2D eigenvalue weighted by Gasteiger charge is 2.07. The van der Waals surface area contributed by atoms with Gasteiger partial charge in [0, 0.05) is 7.05 Å². The van der Waals surface area contributed by atoms with E-state index in [2.05, 4.69) is 26.4 Å². The smallest absolute Gasteiger partial charge is 0.183 e. The second kappa shape index (κ2) is 2.79. The number of aromatic nitrogens is 1. The van der Waals surface area contributed by atoms with Crippen molar-refractivity contribution < 1.29 is 4.52 Å². The van der Waals surface area contributed by atoms with E-state index >= 15 is 0 Å². The molecule has 1 aromatic heterocycles. The molecule has 0 spiro atoms. The molecule has 2 rings (SSSR count). The van der Waals surface area contributed by atoms with E-state index in [1.54, 1.807) is 0 Å². The first kappa shape index (κ1) is 7.61. The molecule has 0 aliphatic rings. The molecule has 0 bridgehead atoms. The molecular formula is C8H7BrN2O. The van der Waals surface area contributed by atoms with Gasteiger partial charge in [0.15, 0.2) is 11.4 Å². The van der Waals surface area contributed by atoms with Crippen LogP contribution in [0.3, 0.4) is 0 Å². The first-order valence-corrected chi connectivity index (χ1v) is 4.34. The fraction of sp³-hybridized carbons (Fsp3) is 0.125. The lowest BCUT2D eigenvalue weighted by Gasteiger charge is -1.91. The Morgan fingerprint density at radius 2 is 2.33 bits per heavy atom. The van der Waals surface area contributed by atoms with Crippen LogP contribution in [0.5, 0.6) is 0 Å². The third kappa shape index (κ3) is 0.992. The van der Waals surface area contributed by atoms with Crippen molar-refractivity contribution in [3.8, 4) is 0 Å². The van der Waals surface area contributed by atoms with Gasteiger partial charge in [-0.1, -0.05) is 11.2 Å². The van der Waals surface area contributed by atoms with Crippen LogP contribution in [-0.4, -0.2) is 12.2 Å². The van der Waals surface area contributed by atoms with Crippen molar-refractivity contribution in [2.45, 2.75) is 0 Å². The number of hydrogen-bond donors (Lipinski definition) is 1. The van der Waals surface area contributed by atoms with Crippen molar-refractivity contribution in [1.82, 2.24) is 5.16 Å². The number of benzene rings is 1. The van der Waals surface area contributed by atoms with Gasteiger partial charge in [-0.2, -0.15) is 0 Å². The summed E-state index contributed by atoms with van der Waals surface area (Å²) < 4.78 is 6.04. The van der Waals surface area contributed by atoms with Gasteiger partial charge in [0.05, 0.1) is 9.86 Å². The number of fused-ring (bicyclic) bond motifs is 1. The topological polar surface area (TPSA) is 38.1 Å². The monoisotopic (exact) mass is 226 g/mol. The lowest BCUT2D eigenvalue weighted by Crippen LogP contribution is -1.86. The van der Waals surface area contributed by atoms with E-state index < -0.39 is 0 Å². The maximum atomic E-state index is 5.11. The molecule has 0 aliphatic carbocycles. The fourth-order valence-electron chi connectivity index (χ4n) is 1.11. The van der Waals surface area contributed by atoms with Gasteiger partial charge in [-0.3, -0.25) is 0 Å². The molecule has 0 fully saturated rings. The zero-order chi connectivity index (χ0) is 8.55. The average molecular weight is 227 g/mol. The van der Waals surface area contributed by atoms with E-state index in [4.69, 9.17) is 4.52 Å². The highest BCUT2D eigenvalue weighted by Crippen LogP contribution is 2.28. The summed E-state index contributed by atoms with van der Waals surface area (Å²) in [5.74, 6) is 0.770. The van der Waals surface area contributed by atoms with Crippen LogP contribution < -0.4 is 5.32 Å². The van der Waals surface area contributed by atoms with Crippen LogP contribution in [-0.2, 0) is 0 Å². The van der Waals surface area contributed by atoms with E-state index in [9.17, 15) is 0 Å². The van der Waals surface area contributed by atoms with Gasteiger partial charge >= 0.3 is 0 Å². The zero-order valence-corrected chi connectivity index (χ0v) is 8.05. The average Bonchev–Trinajstić information content (AvgIpc) is 2.49. The molecule has 0 unspecified atom stereocenters. The largest absolute Gasteiger partial charge is 0.370 e. The van der Waals surface area contributed by atoms with Crippen molar-refractivity contribution in [3.05, 3.63) is 22.7 Å². The number of halogens is 1. The fourth-order valence-corrected chi connectivity index (χ4v) is 1.55. The number of hydrogen-bond acceptors (Lipinski definition) is 3. The number of nitrogens with one attached hydrogen (secondary N) is 1. The normalized spacial score (nSPS) is 10.5. The van der Waals surface area contributed by atoms with Gasteiger partial charge in [0.2, 0.25) is 0 Å². The van der Waals surface area contributed by atoms with Gasteiger partial charge in [0.25, 0.3) is 0 Å². The van der Waals surface area contributed by atoms with E-state index in [-0.39, 0.29) is 0 Å². The lowest BCUT2D eigenvalue weighted by molar-refractivity contribution is 0.458. The Morgan fingerprint density at radius 3 is 3.08 bits per heavy atom. The Balaban J connectivity index is 2.80. The second-order valence-electron chi connectivity index (χ2n) is 2.40. The third-order valence-corrected chi connectivity index (χ3v) is 2.31. The van der Waals surface area contributed by atoms with Gasteiger partial charge in [-0.05, 0) is 28.1 Å². The number of anilines is 1. The van der Waals surface area contributed by atoms with Crippen molar-refractivity contribution in [3.63, 3.8) is 0 Å². The highest BCUT2D eigenvalue weighted by atomic mass is 79.9. The molecule has 12 heavy (non-hydrogen) atoms. The molecule has 0 saturated heterocycles. The molecule has 0 atom stereocenters. The summed E-state index contributed by atoms with van der Waals surface area (Å²) in [6.07, 6.45) is 0. The van der Waals surface area contributed by atoms with Crippen LogP contribution in [0.2, 0.25) is 0 Å². The van der Waals surface area contributed by atoms with Crippen LogP contribution in [0.25, 0.3) is 11.0 Å². The van der Waals surface area contributed by atoms with Crippen molar-refractivity contribution >= 4 is 32.7 Å². The van der Waals surface area contributed by atoms with Gasteiger partial charge in [-0.15, -0.1) is 0 Å². The lowest BCUT2D eigenvalue weighted by atomic mass is 10.2. The molecule has 0 radical (unpaired) electrons. The van der Waals surface area contributed by atoms with Crippen LogP contribution in [0.15, 0.2) is 27.2 Å².